The molecule has 21 heavy (non-hydrogen) atoms. The number of hydrogen-bond donors (Lipinski definition) is 0. The molecule has 3 rings (SSSR count). The Hall–Kier alpha value is -1.31. The fourth-order valence-corrected chi connectivity index (χ4v) is 3.58. The quantitative estimate of drug-likeness (QED) is 0.748. The first kappa shape index (κ1) is 14.6. The summed E-state index contributed by atoms with van der Waals surface area (Å²) >= 11 is 6.45. The van der Waals surface area contributed by atoms with E-state index in [9.17, 15) is 0 Å². The maximum Gasteiger partial charge on any atom is 0.0776 e. The van der Waals surface area contributed by atoms with Gasteiger partial charge in [0.25, 0.3) is 0 Å². The summed E-state index contributed by atoms with van der Waals surface area (Å²) < 4.78 is 6.26. The molecule has 1 nitrogen and oxygen atoms in total. The summed E-state index contributed by atoms with van der Waals surface area (Å²) in [4.78, 5) is 0. The number of benzene rings is 2. The largest absolute Gasteiger partial charge is 0.374 e. The molecule has 0 aromatic heterocycles. The summed E-state index contributed by atoms with van der Waals surface area (Å²) in [6.07, 6.45) is 3.71. The minimum absolute atomic E-state index is 0.173. The van der Waals surface area contributed by atoms with Crippen molar-refractivity contribution in [3.63, 3.8) is 0 Å². The highest BCUT2D eigenvalue weighted by Crippen LogP contribution is 2.34. The molecule has 110 valence electrons. The van der Waals surface area contributed by atoms with Crippen LogP contribution in [0.15, 0.2) is 60.7 Å². The molecule has 0 amide bonds. The van der Waals surface area contributed by atoms with Gasteiger partial charge in [-0.2, -0.15) is 0 Å². The van der Waals surface area contributed by atoms with E-state index in [4.69, 9.17) is 16.3 Å². The van der Waals surface area contributed by atoms with Crippen LogP contribution >= 0.6 is 11.6 Å². The van der Waals surface area contributed by atoms with Gasteiger partial charge in [-0.05, 0) is 24.0 Å². The highest BCUT2D eigenvalue weighted by atomic mass is 35.5. The molecule has 1 heterocycles. The molecule has 0 N–H and O–H groups in total. The molecule has 1 aliphatic heterocycles. The van der Waals surface area contributed by atoms with E-state index in [1.807, 2.05) is 0 Å². The number of halogens is 1. The van der Waals surface area contributed by atoms with Gasteiger partial charge in [-0.1, -0.05) is 60.7 Å². The van der Waals surface area contributed by atoms with Gasteiger partial charge in [-0.15, -0.1) is 11.6 Å². The van der Waals surface area contributed by atoms with Gasteiger partial charge in [0.2, 0.25) is 0 Å². The Kier molecular flexibility index (Phi) is 4.62. The van der Waals surface area contributed by atoms with Crippen LogP contribution in [0.2, 0.25) is 0 Å². The van der Waals surface area contributed by atoms with Crippen LogP contribution in [0.1, 0.15) is 24.0 Å². The predicted molar refractivity (Wildman–Crippen MR) is 87.9 cm³/mol. The van der Waals surface area contributed by atoms with Crippen LogP contribution in [-0.4, -0.2) is 17.6 Å². The average Bonchev–Trinajstić information content (AvgIpc) is 2.49. The van der Waals surface area contributed by atoms with Crippen molar-refractivity contribution in [3.05, 3.63) is 71.8 Å². The molecule has 0 bridgehead atoms. The second-order valence-corrected chi connectivity index (χ2v) is 6.56. The molecule has 1 unspecified atom stereocenters. The van der Waals surface area contributed by atoms with Crippen LogP contribution in [0.3, 0.4) is 0 Å². The smallest absolute Gasteiger partial charge is 0.0776 e. The summed E-state index contributed by atoms with van der Waals surface area (Å²) in [6.45, 7) is 0.758. The standard InChI is InChI=1S/C19H21ClO/c20-18-11-12-21-19(15-18,13-16-7-3-1-4-8-16)14-17-9-5-2-6-10-17/h1-10,18H,11-15H2. The monoisotopic (exact) mass is 300 g/mol. The third-order valence-corrected chi connectivity index (χ3v) is 4.54. The molecule has 2 aromatic rings. The number of hydrogen-bond acceptors (Lipinski definition) is 1. The van der Waals surface area contributed by atoms with Crippen molar-refractivity contribution in [3.8, 4) is 0 Å². The van der Waals surface area contributed by atoms with E-state index in [-0.39, 0.29) is 11.0 Å². The zero-order valence-electron chi connectivity index (χ0n) is 12.2. The van der Waals surface area contributed by atoms with E-state index in [0.29, 0.717) is 0 Å². The summed E-state index contributed by atoms with van der Waals surface area (Å²) in [7, 11) is 0. The highest BCUT2D eigenvalue weighted by Gasteiger charge is 2.37. The Morgan fingerprint density at radius 3 is 1.90 bits per heavy atom. The lowest BCUT2D eigenvalue weighted by Gasteiger charge is -2.40. The van der Waals surface area contributed by atoms with Crippen molar-refractivity contribution >= 4 is 11.6 Å². The van der Waals surface area contributed by atoms with Crippen LogP contribution < -0.4 is 0 Å². The summed E-state index contributed by atoms with van der Waals surface area (Å²) in [5, 5.41) is 0.214. The molecule has 1 aliphatic rings. The zero-order chi connectivity index (χ0) is 14.5. The average molecular weight is 301 g/mol. The molecule has 0 spiro atoms. The molecule has 1 fully saturated rings. The first-order chi connectivity index (χ1) is 10.3. The topological polar surface area (TPSA) is 9.23 Å². The van der Waals surface area contributed by atoms with Gasteiger partial charge in [0.15, 0.2) is 0 Å². The van der Waals surface area contributed by atoms with Gasteiger partial charge in [-0.3, -0.25) is 0 Å². The fraction of sp³-hybridized carbons (Fsp3) is 0.368. The maximum absolute atomic E-state index is 6.45. The van der Waals surface area contributed by atoms with Crippen LogP contribution in [-0.2, 0) is 17.6 Å². The van der Waals surface area contributed by atoms with Gasteiger partial charge in [0.1, 0.15) is 0 Å². The van der Waals surface area contributed by atoms with Crippen molar-refractivity contribution in [2.75, 3.05) is 6.61 Å². The van der Waals surface area contributed by atoms with Gasteiger partial charge in [0.05, 0.1) is 5.60 Å². The molecule has 2 aromatic carbocycles. The molecule has 1 atom stereocenters. The van der Waals surface area contributed by atoms with Crippen LogP contribution in [0.25, 0.3) is 0 Å². The number of ether oxygens (including phenoxy) is 1. The van der Waals surface area contributed by atoms with E-state index >= 15 is 0 Å². The van der Waals surface area contributed by atoms with Gasteiger partial charge < -0.3 is 4.74 Å². The van der Waals surface area contributed by atoms with E-state index in [1.54, 1.807) is 0 Å². The summed E-state index contributed by atoms with van der Waals surface area (Å²) in [5.41, 5.74) is 2.46. The Labute approximate surface area is 131 Å². The molecular formula is C19H21ClO. The number of alkyl halides is 1. The molecule has 0 saturated carbocycles. The zero-order valence-corrected chi connectivity index (χ0v) is 12.9. The normalized spacial score (nSPS) is 21.1. The molecule has 2 heteroatoms. The molecule has 1 saturated heterocycles. The van der Waals surface area contributed by atoms with E-state index in [0.717, 1.165) is 32.3 Å². The fourth-order valence-electron chi connectivity index (χ4n) is 3.21. The number of rotatable bonds is 4. The van der Waals surface area contributed by atoms with Gasteiger partial charge >= 0.3 is 0 Å². The minimum Gasteiger partial charge on any atom is -0.374 e. The Morgan fingerprint density at radius 2 is 1.43 bits per heavy atom. The Bertz CT molecular complexity index is 511. The lowest BCUT2D eigenvalue weighted by molar-refractivity contribution is -0.0757. The lowest BCUT2D eigenvalue weighted by Crippen LogP contribution is -2.44. The SMILES string of the molecule is ClC1CCOC(Cc2ccccc2)(Cc2ccccc2)C1. The van der Waals surface area contributed by atoms with Crippen molar-refractivity contribution in [2.45, 2.75) is 36.7 Å². The first-order valence-corrected chi connectivity index (χ1v) is 8.05. The van der Waals surface area contributed by atoms with Crippen molar-refractivity contribution in [2.24, 2.45) is 0 Å². The van der Waals surface area contributed by atoms with E-state index in [2.05, 4.69) is 60.7 Å². The maximum atomic E-state index is 6.45. The summed E-state index contributed by atoms with van der Waals surface area (Å²) in [6, 6.07) is 21.2. The molecular weight excluding hydrogens is 280 g/mol. The lowest BCUT2D eigenvalue weighted by atomic mass is 9.82. The third-order valence-electron chi connectivity index (χ3n) is 4.17. The Balaban J connectivity index is 1.84. The summed E-state index contributed by atoms with van der Waals surface area (Å²) in [5.74, 6) is 0. The molecule has 0 aliphatic carbocycles. The van der Waals surface area contributed by atoms with Crippen molar-refractivity contribution < 1.29 is 4.74 Å². The Morgan fingerprint density at radius 1 is 0.905 bits per heavy atom. The van der Waals surface area contributed by atoms with Crippen LogP contribution in [0.5, 0.6) is 0 Å². The predicted octanol–water partition coefficient (Wildman–Crippen LogP) is 4.63. The van der Waals surface area contributed by atoms with Crippen molar-refractivity contribution in [1.29, 1.82) is 0 Å². The van der Waals surface area contributed by atoms with E-state index in [1.165, 1.54) is 11.1 Å². The second kappa shape index (κ2) is 6.64. The van der Waals surface area contributed by atoms with Gasteiger partial charge in [-0.25, -0.2) is 0 Å². The third kappa shape index (κ3) is 3.87. The molecule has 0 radical (unpaired) electrons. The van der Waals surface area contributed by atoms with Crippen LogP contribution in [0.4, 0.5) is 0 Å². The van der Waals surface area contributed by atoms with Crippen LogP contribution in [0, 0.1) is 0 Å². The van der Waals surface area contributed by atoms with E-state index < -0.39 is 0 Å². The minimum atomic E-state index is -0.173. The highest BCUT2D eigenvalue weighted by molar-refractivity contribution is 6.20. The van der Waals surface area contributed by atoms with Crippen molar-refractivity contribution in [1.82, 2.24) is 0 Å². The van der Waals surface area contributed by atoms with Gasteiger partial charge in [0, 0.05) is 24.8 Å². The first-order valence-electron chi connectivity index (χ1n) is 7.62. The second-order valence-electron chi connectivity index (χ2n) is 5.95.